The highest BCUT2D eigenvalue weighted by Crippen LogP contribution is 2.16. The fourth-order valence-corrected chi connectivity index (χ4v) is 7.31. The smallest absolute Gasteiger partial charge is 0.222 e. The summed E-state index contributed by atoms with van der Waals surface area (Å²) in [5, 5.41) is 33.2. The van der Waals surface area contributed by atoms with Gasteiger partial charge in [-0.1, -0.05) is 217 Å². The highest BCUT2D eigenvalue weighted by molar-refractivity contribution is 5.76. The van der Waals surface area contributed by atoms with Crippen molar-refractivity contribution in [2.24, 2.45) is 0 Å². The first-order valence-electron chi connectivity index (χ1n) is 24.4. The van der Waals surface area contributed by atoms with E-state index in [1.165, 1.54) is 180 Å². The third-order valence-electron chi connectivity index (χ3n) is 11.1. The number of aliphatic hydroxyl groups excluding tert-OH is 3. The molecule has 0 fully saturated rings. The second-order valence-electron chi connectivity index (χ2n) is 16.7. The second-order valence-corrected chi connectivity index (χ2v) is 16.7. The van der Waals surface area contributed by atoms with Crippen molar-refractivity contribution in [3.05, 3.63) is 48.6 Å². The molecule has 56 heavy (non-hydrogen) atoms. The zero-order valence-electron chi connectivity index (χ0n) is 37.3. The van der Waals surface area contributed by atoms with Crippen LogP contribution in [0.15, 0.2) is 48.6 Å². The molecule has 0 aliphatic heterocycles. The van der Waals surface area contributed by atoms with Crippen molar-refractivity contribution < 1.29 is 20.1 Å². The summed E-state index contributed by atoms with van der Waals surface area (Å²) in [6.45, 7) is 4.17. The maximum Gasteiger partial charge on any atom is 0.222 e. The van der Waals surface area contributed by atoms with Crippen molar-refractivity contribution in [3.8, 4) is 0 Å². The number of rotatable bonds is 44. The lowest BCUT2D eigenvalue weighted by Gasteiger charge is -2.21. The summed E-state index contributed by atoms with van der Waals surface area (Å²) >= 11 is 0. The molecule has 0 aromatic heterocycles. The quantitative estimate of drug-likeness (QED) is 0.0366. The molecule has 4 N–H and O–H groups in total. The van der Waals surface area contributed by atoms with Crippen LogP contribution in [0.25, 0.3) is 0 Å². The van der Waals surface area contributed by atoms with Crippen molar-refractivity contribution in [2.75, 3.05) is 6.61 Å². The van der Waals surface area contributed by atoms with Crippen LogP contribution < -0.4 is 5.32 Å². The Morgan fingerprint density at radius 3 is 1.18 bits per heavy atom. The third kappa shape index (κ3) is 41.9. The minimum Gasteiger partial charge on any atom is -0.394 e. The number of hydrogen-bond acceptors (Lipinski definition) is 4. The van der Waals surface area contributed by atoms with Crippen molar-refractivity contribution >= 4 is 5.91 Å². The van der Waals surface area contributed by atoms with E-state index < -0.39 is 18.2 Å². The van der Waals surface area contributed by atoms with E-state index in [2.05, 4.69) is 55.6 Å². The molecule has 0 spiro atoms. The summed E-state index contributed by atoms with van der Waals surface area (Å²) in [5.41, 5.74) is 0. The SMILES string of the molecule is CCCCC/C=C/CC/C=C/CC/C=C/C(O)C(CO)NC(=O)CC(O)CCCCCCCCCCCCCC/C=C\CCCCCCCCCCCCCC. The first kappa shape index (κ1) is 54.3. The molecule has 0 saturated heterocycles. The van der Waals surface area contributed by atoms with Gasteiger partial charge in [0.2, 0.25) is 5.91 Å². The first-order valence-corrected chi connectivity index (χ1v) is 24.4. The molecule has 0 aromatic rings. The second kappa shape index (κ2) is 46.0. The summed E-state index contributed by atoms with van der Waals surface area (Å²) in [6.07, 6.45) is 60.0. The molecule has 0 saturated carbocycles. The van der Waals surface area contributed by atoms with Crippen molar-refractivity contribution in [3.63, 3.8) is 0 Å². The van der Waals surface area contributed by atoms with Crippen LogP contribution in [0.5, 0.6) is 0 Å². The molecule has 3 atom stereocenters. The minimum atomic E-state index is -0.959. The van der Waals surface area contributed by atoms with Crippen molar-refractivity contribution in [2.45, 2.75) is 263 Å². The van der Waals surface area contributed by atoms with E-state index in [-0.39, 0.29) is 18.9 Å². The van der Waals surface area contributed by atoms with Crippen LogP contribution in [-0.4, -0.2) is 46.1 Å². The highest BCUT2D eigenvalue weighted by Gasteiger charge is 2.20. The van der Waals surface area contributed by atoms with Crippen LogP contribution in [0.4, 0.5) is 0 Å². The summed E-state index contributed by atoms with van der Waals surface area (Å²) in [4.78, 5) is 12.4. The van der Waals surface area contributed by atoms with Gasteiger partial charge in [-0.3, -0.25) is 4.79 Å². The molecular formula is C51H95NO4. The molecule has 0 heterocycles. The molecule has 0 aromatic carbocycles. The van der Waals surface area contributed by atoms with Gasteiger partial charge in [-0.05, 0) is 70.6 Å². The lowest BCUT2D eigenvalue weighted by Crippen LogP contribution is -2.45. The number of nitrogens with one attached hydrogen (secondary N) is 1. The highest BCUT2D eigenvalue weighted by atomic mass is 16.3. The fourth-order valence-electron chi connectivity index (χ4n) is 7.31. The van der Waals surface area contributed by atoms with Crippen LogP contribution in [0.3, 0.4) is 0 Å². The van der Waals surface area contributed by atoms with Gasteiger partial charge in [-0.15, -0.1) is 0 Å². The van der Waals surface area contributed by atoms with Gasteiger partial charge in [-0.25, -0.2) is 0 Å². The maximum atomic E-state index is 12.4. The summed E-state index contributed by atoms with van der Waals surface area (Å²) in [7, 11) is 0. The van der Waals surface area contributed by atoms with Gasteiger partial charge >= 0.3 is 0 Å². The molecular weight excluding hydrogens is 691 g/mol. The van der Waals surface area contributed by atoms with E-state index in [4.69, 9.17) is 0 Å². The zero-order valence-corrected chi connectivity index (χ0v) is 37.3. The maximum absolute atomic E-state index is 12.4. The Labute approximate surface area is 348 Å². The number of carbonyl (C=O) groups is 1. The van der Waals surface area contributed by atoms with Crippen molar-refractivity contribution in [1.29, 1.82) is 0 Å². The first-order chi connectivity index (χ1) is 27.5. The monoisotopic (exact) mass is 786 g/mol. The van der Waals surface area contributed by atoms with E-state index in [0.29, 0.717) is 6.42 Å². The summed E-state index contributed by atoms with van der Waals surface area (Å²) in [6, 6.07) is -0.767. The Kier molecular flexibility index (Phi) is 44.6. The Bertz CT molecular complexity index is 912. The Balaban J connectivity index is 3.59. The normalized spacial score (nSPS) is 13.9. The number of carbonyl (C=O) groups excluding carboxylic acids is 1. The molecule has 5 heteroatoms. The average molecular weight is 786 g/mol. The molecule has 0 bridgehead atoms. The molecule has 0 aliphatic rings. The number of unbranched alkanes of at least 4 members (excludes halogenated alkanes) is 29. The van der Waals surface area contributed by atoms with E-state index in [0.717, 1.165) is 38.5 Å². The molecule has 0 rings (SSSR count). The standard InChI is InChI=1S/C51H95NO4/c1-3-5-7-9-11-13-15-17-18-19-20-21-22-23-24-25-26-27-28-29-30-31-33-34-36-38-40-42-44-48(54)46-51(56)52-49(47-53)50(55)45-43-41-39-37-35-32-16-14-12-10-8-6-4-2/h12,14,23-24,35,37,43,45,48-50,53-55H,3-11,13,15-22,25-34,36,38-42,44,46-47H2,1-2H3,(H,52,56)/b14-12+,24-23-,37-35+,45-43+. The number of aliphatic hydroxyl groups is 3. The molecule has 0 radical (unpaired) electrons. The van der Waals surface area contributed by atoms with E-state index in [1.807, 2.05) is 6.08 Å². The summed E-state index contributed by atoms with van der Waals surface area (Å²) < 4.78 is 0. The minimum absolute atomic E-state index is 0.00185. The topological polar surface area (TPSA) is 89.8 Å². The number of allylic oxidation sites excluding steroid dienone is 7. The van der Waals surface area contributed by atoms with E-state index in [1.54, 1.807) is 6.08 Å². The molecule has 0 aliphatic carbocycles. The van der Waals surface area contributed by atoms with Crippen molar-refractivity contribution in [1.82, 2.24) is 5.32 Å². The van der Waals surface area contributed by atoms with Gasteiger partial charge < -0.3 is 20.6 Å². The van der Waals surface area contributed by atoms with Crippen LogP contribution in [0.2, 0.25) is 0 Å². The van der Waals surface area contributed by atoms with Crippen LogP contribution in [-0.2, 0) is 4.79 Å². The van der Waals surface area contributed by atoms with Gasteiger partial charge in [0.05, 0.1) is 31.3 Å². The lowest BCUT2D eigenvalue weighted by molar-refractivity contribution is -0.124. The largest absolute Gasteiger partial charge is 0.394 e. The fraction of sp³-hybridized carbons (Fsp3) is 0.824. The molecule has 5 nitrogen and oxygen atoms in total. The van der Waals surface area contributed by atoms with Gasteiger partial charge in [0, 0.05) is 0 Å². The van der Waals surface area contributed by atoms with E-state index >= 15 is 0 Å². The van der Waals surface area contributed by atoms with Crippen LogP contribution in [0, 0.1) is 0 Å². The lowest BCUT2D eigenvalue weighted by atomic mass is 10.0. The third-order valence-corrected chi connectivity index (χ3v) is 11.1. The predicted octanol–water partition coefficient (Wildman–Crippen LogP) is 14.5. The molecule has 1 amide bonds. The predicted molar refractivity (Wildman–Crippen MR) is 245 cm³/mol. The van der Waals surface area contributed by atoms with E-state index in [9.17, 15) is 20.1 Å². The number of hydrogen-bond donors (Lipinski definition) is 4. The Morgan fingerprint density at radius 2 is 0.768 bits per heavy atom. The van der Waals surface area contributed by atoms with Crippen LogP contribution >= 0.6 is 0 Å². The molecule has 3 unspecified atom stereocenters. The van der Waals surface area contributed by atoms with Crippen LogP contribution in [0.1, 0.15) is 245 Å². The Hall–Kier alpha value is -1.69. The zero-order chi connectivity index (χ0) is 40.8. The Morgan fingerprint density at radius 1 is 0.446 bits per heavy atom. The van der Waals surface area contributed by atoms with Gasteiger partial charge in [0.15, 0.2) is 0 Å². The number of amides is 1. The van der Waals surface area contributed by atoms with Gasteiger partial charge in [0.1, 0.15) is 0 Å². The van der Waals surface area contributed by atoms with Gasteiger partial charge in [-0.2, -0.15) is 0 Å². The molecule has 328 valence electrons. The average Bonchev–Trinajstić information content (AvgIpc) is 3.19. The summed E-state index contributed by atoms with van der Waals surface area (Å²) in [5.74, 6) is -0.330. The van der Waals surface area contributed by atoms with Gasteiger partial charge in [0.25, 0.3) is 0 Å².